The van der Waals surface area contributed by atoms with E-state index in [-0.39, 0.29) is 12.5 Å². The van der Waals surface area contributed by atoms with Crippen LogP contribution in [-0.4, -0.2) is 35.7 Å². The molecular weight excluding hydrogens is 262 g/mol. The van der Waals surface area contributed by atoms with E-state index in [9.17, 15) is 4.79 Å². The molecule has 0 bridgehead atoms. The zero-order valence-corrected chi connectivity index (χ0v) is 11.8. The van der Waals surface area contributed by atoms with Crippen molar-refractivity contribution < 1.29 is 9.53 Å². The van der Waals surface area contributed by atoms with E-state index >= 15 is 0 Å². The van der Waals surface area contributed by atoms with Gasteiger partial charge in [0.05, 0.1) is 17.6 Å². The summed E-state index contributed by atoms with van der Waals surface area (Å²) in [7, 11) is 1.60. The van der Waals surface area contributed by atoms with E-state index in [0.29, 0.717) is 17.9 Å². The molecule has 102 valence electrons. The SMILES string of the molecule is COCCNC(=O)Cn1c(=S)[nH]c2c(C)cccc21. The molecule has 0 fully saturated rings. The summed E-state index contributed by atoms with van der Waals surface area (Å²) in [6.45, 7) is 3.23. The fourth-order valence-corrected chi connectivity index (χ4v) is 2.24. The van der Waals surface area contributed by atoms with E-state index < -0.39 is 0 Å². The average Bonchev–Trinajstić information content (AvgIpc) is 2.69. The molecule has 0 saturated carbocycles. The highest BCUT2D eigenvalue weighted by molar-refractivity contribution is 7.71. The van der Waals surface area contributed by atoms with E-state index in [2.05, 4.69) is 10.3 Å². The molecule has 0 radical (unpaired) electrons. The van der Waals surface area contributed by atoms with Crippen LogP contribution in [-0.2, 0) is 16.1 Å². The number of nitrogens with one attached hydrogen (secondary N) is 2. The molecule has 2 aromatic rings. The van der Waals surface area contributed by atoms with Gasteiger partial charge in [-0.15, -0.1) is 0 Å². The Bertz CT molecular complexity index is 645. The Morgan fingerprint density at radius 1 is 1.53 bits per heavy atom. The topological polar surface area (TPSA) is 59.0 Å². The van der Waals surface area contributed by atoms with Gasteiger partial charge < -0.3 is 19.6 Å². The maximum atomic E-state index is 11.8. The number of imidazole rings is 1. The van der Waals surface area contributed by atoms with Gasteiger partial charge in [-0.05, 0) is 30.8 Å². The van der Waals surface area contributed by atoms with Crippen molar-refractivity contribution in [3.63, 3.8) is 0 Å². The van der Waals surface area contributed by atoms with Crippen LogP contribution >= 0.6 is 12.2 Å². The summed E-state index contributed by atoms with van der Waals surface area (Å²) in [4.78, 5) is 15.0. The molecule has 2 rings (SSSR count). The van der Waals surface area contributed by atoms with Crippen LogP contribution in [0.2, 0.25) is 0 Å². The fraction of sp³-hybridized carbons (Fsp3) is 0.385. The molecule has 0 aliphatic heterocycles. The second-order valence-electron chi connectivity index (χ2n) is 4.33. The van der Waals surface area contributed by atoms with Crippen LogP contribution in [0.1, 0.15) is 5.56 Å². The van der Waals surface area contributed by atoms with Crippen LogP contribution in [0.4, 0.5) is 0 Å². The Morgan fingerprint density at radius 2 is 2.32 bits per heavy atom. The van der Waals surface area contributed by atoms with Crippen LogP contribution in [0.25, 0.3) is 11.0 Å². The van der Waals surface area contributed by atoms with E-state index in [4.69, 9.17) is 17.0 Å². The minimum absolute atomic E-state index is 0.0736. The van der Waals surface area contributed by atoms with Crippen LogP contribution in [0.15, 0.2) is 18.2 Å². The van der Waals surface area contributed by atoms with Gasteiger partial charge in [-0.3, -0.25) is 4.79 Å². The molecule has 0 aliphatic carbocycles. The molecule has 2 N–H and O–H groups in total. The molecule has 1 amide bonds. The normalized spacial score (nSPS) is 10.8. The number of amides is 1. The van der Waals surface area contributed by atoms with E-state index in [1.165, 1.54) is 0 Å². The quantitative estimate of drug-likeness (QED) is 0.648. The summed E-state index contributed by atoms with van der Waals surface area (Å²) in [6.07, 6.45) is 0. The third-order valence-electron chi connectivity index (χ3n) is 2.95. The molecule has 0 unspecified atom stereocenters. The molecule has 0 atom stereocenters. The molecule has 5 nitrogen and oxygen atoms in total. The second kappa shape index (κ2) is 5.99. The molecule has 1 aromatic carbocycles. The highest BCUT2D eigenvalue weighted by Gasteiger charge is 2.09. The number of nitrogens with zero attached hydrogens (tertiary/aromatic N) is 1. The molecular formula is C13H17N3O2S. The van der Waals surface area contributed by atoms with Crippen molar-refractivity contribution in [3.8, 4) is 0 Å². The van der Waals surface area contributed by atoms with Gasteiger partial charge in [0.15, 0.2) is 4.77 Å². The molecule has 1 heterocycles. The third-order valence-corrected chi connectivity index (χ3v) is 3.27. The Kier molecular flexibility index (Phi) is 4.34. The molecule has 0 spiro atoms. The van der Waals surface area contributed by atoms with Gasteiger partial charge in [-0.1, -0.05) is 12.1 Å². The number of carbonyl (C=O) groups is 1. The first kappa shape index (κ1) is 13.8. The average molecular weight is 279 g/mol. The predicted octanol–water partition coefficient (Wildman–Crippen LogP) is 1.77. The number of fused-ring (bicyclic) bond motifs is 1. The molecule has 6 heteroatoms. The number of aryl methyl sites for hydroxylation is 1. The number of hydrogen-bond acceptors (Lipinski definition) is 3. The number of hydrogen-bond donors (Lipinski definition) is 2. The van der Waals surface area contributed by atoms with Gasteiger partial charge >= 0.3 is 0 Å². The van der Waals surface area contributed by atoms with Crippen molar-refractivity contribution >= 4 is 29.2 Å². The van der Waals surface area contributed by atoms with Crippen LogP contribution in [0.3, 0.4) is 0 Å². The molecule has 0 saturated heterocycles. The van der Waals surface area contributed by atoms with Gasteiger partial charge in [-0.2, -0.15) is 0 Å². The number of H-pyrrole nitrogens is 1. The van der Waals surface area contributed by atoms with Crippen LogP contribution in [0.5, 0.6) is 0 Å². The Labute approximate surface area is 116 Å². The molecule has 19 heavy (non-hydrogen) atoms. The lowest BCUT2D eigenvalue weighted by Gasteiger charge is -2.06. The molecule has 0 aliphatic rings. The summed E-state index contributed by atoms with van der Waals surface area (Å²) in [6, 6.07) is 5.92. The van der Waals surface area contributed by atoms with Crippen LogP contribution < -0.4 is 5.32 Å². The molecule has 1 aromatic heterocycles. The lowest BCUT2D eigenvalue weighted by atomic mass is 10.2. The number of aromatic nitrogens is 2. The number of ether oxygens (including phenoxy) is 1. The summed E-state index contributed by atoms with van der Waals surface area (Å²) in [5, 5.41) is 2.78. The third kappa shape index (κ3) is 3.02. The number of aromatic amines is 1. The van der Waals surface area contributed by atoms with Gasteiger partial charge in [0.1, 0.15) is 6.54 Å². The van der Waals surface area contributed by atoms with Crippen molar-refractivity contribution in [2.45, 2.75) is 13.5 Å². The Hall–Kier alpha value is -1.66. The van der Waals surface area contributed by atoms with Crippen molar-refractivity contribution in [2.75, 3.05) is 20.3 Å². The van der Waals surface area contributed by atoms with E-state index in [1.54, 1.807) is 11.7 Å². The van der Waals surface area contributed by atoms with Gasteiger partial charge in [-0.25, -0.2) is 0 Å². The Balaban J connectivity index is 2.21. The number of para-hydroxylation sites is 1. The second-order valence-corrected chi connectivity index (χ2v) is 4.71. The lowest BCUT2D eigenvalue weighted by molar-refractivity contribution is -0.121. The van der Waals surface area contributed by atoms with Crippen molar-refractivity contribution in [1.29, 1.82) is 0 Å². The minimum Gasteiger partial charge on any atom is -0.383 e. The summed E-state index contributed by atoms with van der Waals surface area (Å²) >= 11 is 5.27. The van der Waals surface area contributed by atoms with Gasteiger partial charge in [0, 0.05) is 13.7 Å². The largest absolute Gasteiger partial charge is 0.383 e. The van der Waals surface area contributed by atoms with Crippen LogP contribution in [0, 0.1) is 11.7 Å². The summed E-state index contributed by atoms with van der Waals surface area (Å²) in [5.74, 6) is -0.0736. The first-order valence-corrected chi connectivity index (χ1v) is 6.48. The fourth-order valence-electron chi connectivity index (χ4n) is 1.97. The zero-order valence-electron chi connectivity index (χ0n) is 11.0. The number of carbonyl (C=O) groups excluding carboxylic acids is 1. The highest BCUT2D eigenvalue weighted by Crippen LogP contribution is 2.17. The van der Waals surface area contributed by atoms with E-state index in [0.717, 1.165) is 16.6 Å². The summed E-state index contributed by atoms with van der Waals surface area (Å²) < 4.78 is 7.26. The minimum atomic E-state index is -0.0736. The van der Waals surface area contributed by atoms with Crippen molar-refractivity contribution in [3.05, 3.63) is 28.5 Å². The number of rotatable bonds is 5. The smallest absolute Gasteiger partial charge is 0.240 e. The maximum absolute atomic E-state index is 11.8. The predicted molar refractivity (Wildman–Crippen MR) is 76.7 cm³/mol. The van der Waals surface area contributed by atoms with Crippen molar-refractivity contribution in [1.82, 2.24) is 14.9 Å². The first-order chi connectivity index (χ1) is 9.13. The number of methoxy groups -OCH3 is 1. The van der Waals surface area contributed by atoms with E-state index in [1.807, 2.05) is 25.1 Å². The maximum Gasteiger partial charge on any atom is 0.240 e. The van der Waals surface area contributed by atoms with Gasteiger partial charge in [0.25, 0.3) is 0 Å². The highest BCUT2D eigenvalue weighted by atomic mass is 32.1. The first-order valence-electron chi connectivity index (χ1n) is 6.07. The van der Waals surface area contributed by atoms with Gasteiger partial charge in [0.2, 0.25) is 5.91 Å². The lowest BCUT2D eigenvalue weighted by Crippen LogP contribution is -2.30. The standard InChI is InChI=1S/C13H17N3O2S/c1-9-4-3-5-10-12(9)15-13(19)16(10)8-11(17)14-6-7-18-2/h3-5H,6-8H2,1-2H3,(H,14,17)(H,15,19). The summed E-state index contributed by atoms with van der Waals surface area (Å²) in [5.41, 5.74) is 3.05. The zero-order chi connectivity index (χ0) is 13.8. The van der Waals surface area contributed by atoms with Crippen molar-refractivity contribution in [2.24, 2.45) is 0 Å². The monoisotopic (exact) mass is 279 g/mol. The Morgan fingerprint density at radius 3 is 3.05 bits per heavy atom. The number of benzene rings is 1.